The molecule has 1 fully saturated rings. The Morgan fingerprint density at radius 1 is 1.62 bits per heavy atom. The molecule has 0 atom stereocenters. The Labute approximate surface area is 98.9 Å². The quantitative estimate of drug-likeness (QED) is 0.592. The summed E-state index contributed by atoms with van der Waals surface area (Å²) in [5, 5.41) is 4.93. The first kappa shape index (κ1) is 11.7. The highest BCUT2D eigenvalue weighted by Crippen LogP contribution is 2.24. The molecule has 0 saturated carbocycles. The monoisotopic (exact) mass is 243 g/mol. The Bertz CT molecular complexity index is 353. The molecule has 0 radical (unpaired) electrons. The van der Waals surface area contributed by atoms with Crippen LogP contribution in [0.15, 0.2) is 0 Å². The molecule has 0 unspecified atom stereocenters. The van der Waals surface area contributed by atoms with E-state index < -0.39 is 0 Å². The summed E-state index contributed by atoms with van der Waals surface area (Å²) < 4.78 is 9.37. The number of rotatable bonds is 3. The van der Waals surface area contributed by atoms with Gasteiger partial charge in [0.1, 0.15) is 10.7 Å². The highest BCUT2D eigenvalue weighted by atomic mass is 32.1. The van der Waals surface area contributed by atoms with Crippen LogP contribution in [0.2, 0.25) is 0 Å². The van der Waals surface area contributed by atoms with E-state index in [1.165, 1.54) is 11.5 Å². The molecular formula is C9H17N5OS. The summed E-state index contributed by atoms with van der Waals surface area (Å²) in [7, 11) is 0. The molecule has 16 heavy (non-hydrogen) atoms. The number of anilines is 1. The average Bonchev–Trinajstić information content (AvgIpc) is 2.68. The molecule has 1 aliphatic heterocycles. The molecule has 7 heteroatoms. The van der Waals surface area contributed by atoms with E-state index in [-0.39, 0.29) is 5.54 Å². The van der Waals surface area contributed by atoms with Crippen molar-refractivity contribution in [3.05, 3.63) is 5.69 Å². The van der Waals surface area contributed by atoms with Crippen LogP contribution in [0, 0.1) is 0 Å². The van der Waals surface area contributed by atoms with Gasteiger partial charge in [-0.2, -0.15) is 0 Å². The van der Waals surface area contributed by atoms with Gasteiger partial charge in [-0.05, 0) is 13.8 Å². The second kappa shape index (κ2) is 4.62. The van der Waals surface area contributed by atoms with Crippen molar-refractivity contribution in [2.45, 2.75) is 25.9 Å². The van der Waals surface area contributed by atoms with Gasteiger partial charge < -0.3 is 10.2 Å². The van der Waals surface area contributed by atoms with E-state index in [0.29, 0.717) is 0 Å². The van der Waals surface area contributed by atoms with Crippen LogP contribution in [0.25, 0.3) is 0 Å². The molecule has 0 bridgehead atoms. The van der Waals surface area contributed by atoms with Gasteiger partial charge in [0.25, 0.3) is 0 Å². The standard InChI is InChI=1S/C9H17N5OS/c1-9(2)6-15-4-3-14(9)5-7-8(11-10)16-13-12-7/h11H,3-6,10H2,1-2H3. The first-order valence-electron chi connectivity index (χ1n) is 5.24. The molecule has 3 N–H and O–H groups in total. The number of morpholine rings is 1. The molecule has 90 valence electrons. The molecule has 2 heterocycles. The zero-order valence-corrected chi connectivity index (χ0v) is 10.4. The molecule has 0 aromatic carbocycles. The highest BCUT2D eigenvalue weighted by molar-refractivity contribution is 7.10. The number of hydrogen-bond acceptors (Lipinski definition) is 7. The molecule has 2 rings (SSSR count). The van der Waals surface area contributed by atoms with Gasteiger partial charge in [0.2, 0.25) is 0 Å². The van der Waals surface area contributed by atoms with E-state index in [4.69, 9.17) is 10.6 Å². The number of nitrogens with two attached hydrogens (primary N) is 1. The van der Waals surface area contributed by atoms with Gasteiger partial charge >= 0.3 is 0 Å². The SMILES string of the molecule is CC1(C)COCCN1Cc1nnsc1NN. The number of aromatic nitrogens is 2. The predicted molar refractivity (Wildman–Crippen MR) is 63.0 cm³/mol. The highest BCUT2D eigenvalue weighted by Gasteiger charge is 2.31. The summed E-state index contributed by atoms with van der Waals surface area (Å²) in [5.41, 5.74) is 3.57. The summed E-state index contributed by atoms with van der Waals surface area (Å²) in [6.07, 6.45) is 0. The van der Waals surface area contributed by atoms with Crippen molar-refractivity contribution in [1.29, 1.82) is 0 Å². The van der Waals surface area contributed by atoms with Crippen molar-refractivity contribution in [1.82, 2.24) is 14.5 Å². The number of hydrogen-bond donors (Lipinski definition) is 2. The van der Waals surface area contributed by atoms with Crippen LogP contribution < -0.4 is 11.3 Å². The van der Waals surface area contributed by atoms with Gasteiger partial charge in [0.05, 0.1) is 13.2 Å². The number of nitrogens with zero attached hydrogens (tertiary/aromatic N) is 3. The van der Waals surface area contributed by atoms with Gasteiger partial charge in [-0.15, -0.1) is 5.10 Å². The van der Waals surface area contributed by atoms with E-state index in [0.717, 1.165) is 37.0 Å². The first-order chi connectivity index (χ1) is 7.63. The molecule has 0 amide bonds. The first-order valence-corrected chi connectivity index (χ1v) is 6.01. The Morgan fingerprint density at radius 2 is 2.44 bits per heavy atom. The lowest BCUT2D eigenvalue weighted by atomic mass is 10.0. The summed E-state index contributed by atoms with van der Waals surface area (Å²) in [5.74, 6) is 5.41. The Balaban J connectivity index is 2.08. The largest absolute Gasteiger partial charge is 0.378 e. The van der Waals surface area contributed by atoms with Crippen LogP contribution >= 0.6 is 11.5 Å². The summed E-state index contributed by atoms with van der Waals surface area (Å²) in [6.45, 7) is 7.52. The minimum Gasteiger partial charge on any atom is -0.378 e. The lowest BCUT2D eigenvalue weighted by Crippen LogP contribution is -2.52. The average molecular weight is 243 g/mol. The smallest absolute Gasteiger partial charge is 0.148 e. The van der Waals surface area contributed by atoms with Crippen LogP contribution in [0.3, 0.4) is 0 Å². The minimum absolute atomic E-state index is 0.0355. The molecule has 1 aromatic heterocycles. The molecule has 0 aliphatic carbocycles. The van der Waals surface area contributed by atoms with E-state index in [9.17, 15) is 0 Å². The second-order valence-electron chi connectivity index (χ2n) is 4.48. The Morgan fingerprint density at radius 3 is 3.12 bits per heavy atom. The molecule has 1 aromatic rings. The van der Waals surface area contributed by atoms with Crippen molar-refractivity contribution < 1.29 is 4.74 Å². The number of ether oxygens (including phenoxy) is 1. The Kier molecular flexibility index (Phi) is 3.38. The van der Waals surface area contributed by atoms with Gasteiger partial charge in [-0.3, -0.25) is 4.90 Å². The normalized spacial score (nSPS) is 20.9. The van der Waals surface area contributed by atoms with E-state index in [1.54, 1.807) is 0 Å². The Hall–Kier alpha value is -0.760. The molecule has 0 spiro atoms. The van der Waals surface area contributed by atoms with Gasteiger partial charge in [0, 0.05) is 30.2 Å². The second-order valence-corrected chi connectivity index (χ2v) is 5.23. The zero-order valence-electron chi connectivity index (χ0n) is 9.56. The maximum Gasteiger partial charge on any atom is 0.148 e. The van der Waals surface area contributed by atoms with E-state index in [2.05, 4.69) is 33.8 Å². The van der Waals surface area contributed by atoms with Crippen molar-refractivity contribution in [2.24, 2.45) is 5.84 Å². The maximum absolute atomic E-state index is 5.48. The van der Waals surface area contributed by atoms with E-state index >= 15 is 0 Å². The van der Waals surface area contributed by atoms with Crippen LogP contribution in [-0.2, 0) is 11.3 Å². The molecule has 6 nitrogen and oxygen atoms in total. The summed E-state index contributed by atoms with van der Waals surface area (Å²) >= 11 is 1.28. The molecule has 1 aliphatic rings. The van der Waals surface area contributed by atoms with Crippen LogP contribution in [0.5, 0.6) is 0 Å². The number of hydrazine groups is 1. The summed E-state index contributed by atoms with van der Waals surface area (Å²) in [4.78, 5) is 2.34. The van der Waals surface area contributed by atoms with Gasteiger partial charge in [0.15, 0.2) is 0 Å². The fourth-order valence-corrected chi connectivity index (χ4v) is 2.27. The zero-order chi connectivity index (χ0) is 11.6. The van der Waals surface area contributed by atoms with Crippen LogP contribution in [0.1, 0.15) is 19.5 Å². The van der Waals surface area contributed by atoms with Gasteiger partial charge in [-0.25, -0.2) is 5.84 Å². The van der Waals surface area contributed by atoms with Crippen molar-refractivity contribution in [2.75, 3.05) is 25.2 Å². The third-order valence-electron chi connectivity index (χ3n) is 2.84. The predicted octanol–water partition coefficient (Wildman–Crippen LogP) is 0.435. The van der Waals surface area contributed by atoms with Crippen LogP contribution in [0.4, 0.5) is 5.00 Å². The maximum atomic E-state index is 5.48. The molecule has 1 saturated heterocycles. The topological polar surface area (TPSA) is 76.3 Å². The van der Waals surface area contributed by atoms with Gasteiger partial charge in [-0.1, -0.05) is 4.49 Å². The number of nitrogen functional groups attached to an aromatic ring is 1. The van der Waals surface area contributed by atoms with E-state index in [1.807, 2.05) is 0 Å². The fourth-order valence-electron chi connectivity index (χ4n) is 1.79. The fraction of sp³-hybridized carbons (Fsp3) is 0.778. The number of nitrogens with one attached hydrogen (secondary N) is 1. The lowest BCUT2D eigenvalue weighted by Gasteiger charge is -2.41. The molecular weight excluding hydrogens is 226 g/mol. The van der Waals surface area contributed by atoms with Crippen molar-refractivity contribution in [3.63, 3.8) is 0 Å². The van der Waals surface area contributed by atoms with Crippen molar-refractivity contribution in [3.8, 4) is 0 Å². The van der Waals surface area contributed by atoms with Crippen molar-refractivity contribution >= 4 is 16.5 Å². The lowest BCUT2D eigenvalue weighted by molar-refractivity contribution is -0.0557. The van der Waals surface area contributed by atoms with Crippen LogP contribution in [-0.4, -0.2) is 39.8 Å². The minimum atomic E-state index is 0.0355. The third kappa shape index (κ3) is 2.32. The third-order valence-corrected chi connectivity index (χ3v) is 3.54. The summed E-state index contributed by atoms with van der Waals surface area (Å²) in [6, 6.07) is 0.